The number of halogens is 1. The number of esters is 1. The zero-order valence-corrected chi connectivity index (χ0v) is 18.1. The molecule has 0 aliphatic carbocycles. The molecule has 7 nitrogen and oxygen atoms in total. The molecule has 164 valence electrons. The highest BCUT2D eigenvalue weighted by atomic mass is 35.5. The third-order valence-electron chi connectivity index (χ3n) is 5.05. The van der Waals surface area contributed by atoms with Crippen molar-refractivity contribution < 1.29 is 23.9 Å². The Kier molecular flexibility index (Phi) is 7.89. The summed E-state index contributed by atoms with van der Waals surface area (Å²) in [5, 5.41) is 3.54. The zero-order valence-electron chi connectivity index (χ0n) is 17.3. The largest absolute Gasteiger partial charge is 0.484 e. The highest BCUT2D eigenvalue weighted by Crippen LogP contribution is 2.19. The molecule has 1 fully saturated rings. The van der Waals surface area contributed by atoms with Crippen LogP contribution in [0.3, 0.4) is 0 Å². The Labute approximate surface area is 186 Å². The van der Waals surface area contributed by atoms with Crippen LogP contribution in [0.4, 0.5) is 0 Å². The second-order valence-corrected chi connectivity index (χ2v) is 7.83. The van der Waals surface area contributed by atoms with Crippen LogP contribution in [0.2, 0.25) is 5.02 Å². The fourth-order valence-corrected chi connectivity index (χ4v) is 3.49. The molecule has 1 aliphatic rings. The molecular formula is C23H25ClN2O5. The molecule has 1 saturated heterocycles. The first-order chi connectivity index (χ1) is 14.9. The van der Waals surface area contributed by atoms with Crippen LogP contribution in [0.25, 0.3) is 0 Å². The van der Waals surface area contributed by atoms with Crippen LogP contribution in [0.15, 0.2) is 48.5 Å². The summed E-state index contributed by atoms with van der Waals surface area (Å²) >= 11 is 5.84. The summed E-state index contributed by atoms with van der Waals surface area (Å²) in [6, 6.07) is 13.4. The number of benzene rings is 2. The lowest BCUT2D eigenvalue weighted by atomic mass is 9.96. The van der Waals surface area contributed by atoms with Gasteiger partial charge in [-0.25, -0.2) is 0 Å². The van der Waals surface area contributed by atoms with Crippen LogP contribution in [0.5, 0.6) is 11.5 Å². The molecule has 0 bridgehead atoms. The van der Waals surface area contributed by atoms with Crippen molar-refractivity contribution in [3.05, 3.63) is 59.1 Å². The predicted octanol–water partition coefficient (Wildman–Crippen LogP) is 3.31. The summed E-state index contributed by atoms with van der Waals surface area (Å²) in [6.45, 7) is 3.09. The third kappa shape index (κ3) is 7.00. The van der Waals surface area contributed by atoms with Gasteiger partial charge in [0.25, 0.3) is 11.8 Å². The maximum absolute atomic E-state index is 12.4. The number of nitrogens with zero attached hydrogens (tertiary/aromatic N) is 1. The summed E-state index contributed by atoms with van der Waals surface area (Å²) in [5.41, 5.74) is 0.436. The van der Waals surface area contributed by atoms with E-state index >= 15 is 0 Å². The molecular weight excluding hydrogens is 420 g/mol. The van der Waals surface area contributed by atoms with Gasteiger partial charge in [0.1, 0.15) is 11.5 Å². The fraction of sp³-hybridized carbons (Fsp3) is 0.348. The minimum atomic E-state index is -0.433. The van der Waals surface area contributed by atoms with Crippen molar-refractivity contribution >= 4 is 29.4 Å². The maximum Gasteiger partial charge on any atom is 0.308 e. The quantitative estimate of drug-likeness (QED) is 0.523. The van der Waals surface area contributed by atoms with Gasteiger partial charge in [0.2, 0.25) is 0 Å². The Balaban J connectivity index is 1.39. The summed E-state index contributed by atoms with van der Waals surface area (Å²) in [6.07, 6.45) is 1.61. The van der Waals surface area contributed by atoms with Gasteiger partial charge >= 0.3 is 5.97 Å². The number of piperidine rings is 1. The Morgan fingerprint density at radius 2 is 1.77 bits per heavy atom. The van der Waals surface area contributed by atoms with E-state index in [1.807, 2.05) is 0 Å². The SMILES string of the molecule is CC(=O)Oc1cccc(C(=O)NCC2CCN(C(=O)COc3ccc(Cl)cc3)CC2)c1. The molecule has 0 spiro atoms. The lowest BCUT2D eigenvalue weighted by Crippen LogP contribution is -2.43. The number of carbonyl (C=O) groups excluding carboxylic acids is 3. The Morgan fingerprint density at radius 3 is 2.45 bits per heavy atom. The number of carbonyl (C=O) groups is 3. The lowest BCUT2D eigenvalue weighted by molar-refractivity contribution is -0.135. The van der Waals surface area contributed by atoms with Crippen LogP contribution in [-0.4, -0.2) is 48.9 Å². The molecule has 0 unspecified atom stereocenters. The topological polar surface area (TPSA) is 84.9 Å². The van der Waals surface area contributed by atoms with Crippen molar-refractivity contribution in [3.8, 4) is 11.5 Å². The van der Waals surface area contributed by atoms with Gasteiger partial charge in [0, 0.05) is 37.1 Å². The average molecular weight is 445 g/mol. The van der Waals surface area contributed by atoms with E-state index in [4.69, 9.17) is 21.1 Å². The molecule has 2 aromatic rings. The Hall–Kier alpha value is -3.06. The maximum atomic E-state index is 12.4. The van der Waals surface area contributed by atoms with Crippen molar-refractivity contribution in [1.82, 2.24) is 10.2 Å². The summed E-state index contributed by atoms with van der Waals surface area (Å²) < 4.78 is 10.5. The van der Waals surface area contributed by atoms with Gasteiger partial charge in [-0.15, -0.1) is 0 Å². The smallest absolute Gasteiger partial charge is 0.308 e. The lowest BCUT2D eigenvalue weighted by Gasteiger charge is -2.32. The molecule has 2 aromatic carbocycles. The van der Waals surface area contributed by atoms with Crippen molar-refractivity contribution in [1.29, 1.82) is 0 Å². The second kappa shape index (κ2) is 10.8. The van der Waals surface area contributed by atoms with E-state index in [0.29, 0.717) is 47.6 Å². The van der Waals surface area contributed by atoms with E-state index in [9.17, 15) is 14.4 Å². The predicted molar refractivity (Wildman–Crippen MR) is 116 cm³/mol. The summed E-state index contributed by atoms with van der Waals surface area (Å²) in [5.74, 6) is 0.531. The molecule has 1 aliphatic heterocycles. The number of likely N-dealkylation sites (tertiary alicyclic amines) is 1. The molecule has 0 atom stereocenters. The molecule has 1 heterocycles. The molecule has 0 aromatic heterocycles. The summed E-state index contributed by atoms with van der Waals surface area (Å²) in [4.78, 5) is 37.6. The third-order valence-corrected chi connectivity index (χ3v) is 5.30. The number of amides is 2. The molecule has 3 rings (SSSR count). The minimum Gasteiger partial charge on any atom is -0.484 e. The van der Waals surface area contributed by atoms with Gasteiger partial charge in [-0.2, -0.15) is 0 Å². The van der Waals surface area contributed by atoms with Crippen LogP contribution >= 0.6 is 11.6 Å². The van der Waals surface area contributed by atoms with E-state index in [2.05, 4.69) is 5.32 Å². The highest BCUT2D eigenvalue weighted by Gasteiger charge is 2.23. The van der Waals surface area contributed by atoms with E-state index in [1.165, 1.54) is 6.92 Å². The number of rotatable bonds is 7. The number of nitrogens with one attached hydrogen (secondary N) is 1. The summed E-state index contributed by atoms with van der Waals surface area (Å²) in [7, 11) is 0. The number of hydrogen-bond donors (Lipinski definition) is 1. The first-order valence-corrected chi connectivity index (χ1v) is 10.5. The Bertz CT molecular complexity index is 924. The van der Waals surface area contributed by atoms with Gasteiger partial charge in [-0.05, 0) is 61.2 Å². The highest BCUT2D eigenvalue weighted by molar-refractivity contribution is 6.30. The molecule has 1 N–H and O–H groups in total. The van der Waals surface area contributed by atoms with Crippen molar-refractivity contribution in [2.45, 2.75) is 19.8 Å². The van der Waals surface area contributed by atoms with Crippen LogP contribution in [0, 0.1) is 5.92 Å². The Morgan fingerprint density at radius 1 is 1.06 bits per heavy atom. The van der Waals surface area contributed by atoms with Crippen LogP contribution < -0.4 is 14.8 Å². The van der Waals surface area contributed by atoms with E-state index < -0.39 is 5.97 Å². The van der Waals surface area contributed by atoms with E-state index in [1.54, 1.807) is 53.4 Å². The average Bonchev–Trinajstić information content (AvgIpc) is 2.77. The van der Waals surface area contributed by atoms with E-state index in [0.717, 1.165) is 12.8 Å². The van der Waals surface area contributed by atoms with Gasteiger partial charge in [0.05, 0.1) is 0 Å². The first-order valence-electron chi connectivity index (χ1n) is 10.1. The number of hydrogen-bond acceptors (Lipinski definition) is 5. The fourth-order valence-electron chi connectivity index (χ4n) is 3.36. The van der Waals surface area contributed by atoms with Crippen molar-refractivity contribution in [2.24, 2.45) is 5.92 Å². The van der Waals surface area contributed by atoms with Crippen LogP contribution in [-0.2, 0) is 9.59 Å². The van der Waals surface area contributed by atoms with E-state index in [-0.39, 0.29) is 18.4 Å². The molecule has 0 saturated carbocycles. The van der Waals surface area contributed by atoms with Gasteiger partial charge in [-0.1, -0.05) is 17.7 Å². The normalized spacial score (nSPS) is 14.1. The van der Waals surface area contributed by atoms with Gasteiger partial charge in [-0.3, -0.25) is 14.4 Å². The molecule has 2 amide bonds. The zero-order chi connectivity index (χ0) is 22.2. The van der Waals surface area contributed by atoms with Crippen molar-refractivity contribution in [3.63, 3.8) is 0 Å². The molecule has 31 heavy (non-hydrogen) atoms. The second-order valence-electron chi connectivity index (χ2n) is 7.40. The minimum absolute atomic E-state index is 0.0122. The number of ether oxygens (including phenoxy) is 2. The van der Waals surface area contributed by atoms with Gasteiger partial charge in [0.15, 0.2) is 6.61 Å². The van der Waals surface area contributed by atoms with Crippen LogP contribution in [0.1, 0.15) is 30.1 Å². The molecule has 8 heteroatoms. The standard InChI is InChI=1S/C23H25ClN2O5/c1-16(27)31-21-4-2-3-18(13-21)23(29)25-14-17-9-11-26(12-10-17)22(28)15-30-20-7-5-19(24)6-8-20/h2-8,13,17H,9-12,14-15H2,1H3,(H,25,29). The first kappa shape index (κ1) is 22.6. The van der Waals surface area contributed by atoms with Crippen molar-refractivity contribution in [2.75, 3.05) is 26.2 Å². The monoisotopic (exact) mass is 444 g/mol. The molecule has 0 radical (unpaired) electrons. The van der Waals surface area contributed by atoms with Gasteiger partial charge < -0.3 is 19.7 Å².